The van der Waals surface area contributed by atoms with Crippen molar-refractivity contribution in [2.45, 2.75) is 6.42 Å². The van der Waals surface area contributed by atoms with Gasteiger partial charge in [0.25, 0.3) is 0 Å². The zero-order chi connectivity index (χ0) is 16.7. The normalized spacial score (nSPS) is 11.2. The second kappa shape index (κ2) is 5.53. The minimum Gasteiger partial charge on any atom is -0.465 e. The molecule has 0 aliphatic rings. The highest BCUT2D eigenvalue weighted by Gasteiger charge is 2.11. The number of rotatable bonds is 3. The molecule has 0 atom stereocenters. The molecule has 0 radical (unpaired) electrons. The lowest BCUT2D eigenvalue weighted by Gasteiger charge is -1.97. The molecule has 0 saturated heterocycles. The quantitative estimate of drug-likeness (QED) is 0.589. The summed E-state index contributed by atoms with van der Waals surface area (Å²) in [5.41, 5.74) is 4.63. The second-order valence-corrected chi connectivity index (χ2v) is 5.87. The van der Waals surface area contributed by atoms with Crippen LogP contribution in [0, 0.1) is 0 Å². The number of ether oxygens (including phenoxy) is 1. The van der Waals surface area contributed by atoms with Gasteiger partial charge in [0, 0.05) is 30.6 Å². The van der Waals surface area contributed by atoms with Crippen molar-refractivity contribution in [2.24, 2.45) is 7.05 Å². The zero-order valence-electron chi connectivity index (χ0n) is 13.5. The molecule has 4 rings (SSSR count). The molecule has 0 aliphatic heterocycles. The number of aromatic amines is 1. The molecule has 5 heteroatoms. The van der Waals surface area contributed by atoms with Crippen LogP contribution in [0.1, 0.15) is 21.7 Å². The molecule has 2 aromatic heterocycles. The average Bonchev–Trinajstić information content (AvgIpc) is 3.15. The molecule has 120 valence electrons. The Morgan fingerprint density at radius 1 is 1.25 bits per heavy atom. The van der Waals surface area contributed by atoms with Crippen LogP contribution in [-0.2, 0) is 18.2 Å². The van der Waals surface area contributed by atoms with Crippen LogP contribution in [0.5, 0.6) is 0 Å². The number of hydrogen-bond acceptors (Lipinski definition) is 3. The minimum absolute atomic E-state index is 0.345. The van der Waals surface area contributed by atoms with Crippen LogP contribution in [0.4, 0.5) is 0 Å². The summed E-state index contributed by atoms with van der Waals surface area (Å²) in [7, 11) is 3.43. The number of para-hydroxylation sites is 1. The molecule has 0 saturated carbocycles. The van der Waals surface area contributed by atoms with Crippen molar-refractivity contribution < 1.29 is 9.53 Å². The number of esters is 1. The van der Waals surface area contributed by atoms with Crippen molar-refractivity contribution in [2.75, 3.05) is 7.11 Å². The van der Waals surface area contributed by atoms with Gasteiger partial charge in [-0.15, -0.1) is 0 Å². The number of hydrogen-bond donors (Lipinski definition) is 1. The Labute approximate surface area is 138 Å². The van der Waals surface area contributed by atoms with Gasteiger partial charge in [-0.1, -0.05) is 18.2 Å². The third-order valence-electron chi connectivity index (χ3n) is 4.29. The second-order valence-electron chi connectivity index (χ2n) is 5.87. The molecule has 0 aliphatic carbocycles. The Bertz CT molecular complexity index is 1060. The van der Waals surface area contributed by atoms with E-state index in [2.05, 4.69) is 32.9 Å². The molecular weight excluding hydrogens is 302 g/mol. The highest BCUT2D eigenvalue weighted by atomic mass is 16.5. The molecule has 0 unspecified atom stereocenters. The number of H-pyrrole nitrogens is 1. The van der Waals surface area contributed by atoms with Crippen LogP contribution in [0.15, 0.2) is 48.7 Å². The fourth-order valence-corrected chi connectivity index (χ4v) is 3.14. The van der Waals surface area contributed by atoms with Crippen LogP contribution in [0.3, 0.4) is 0 Å². The molecule has 24 heavy (non-hydrogen) atoms. The van der Waals surface area contributed by atoms with Gasteiger partial charge in [-0.2, -0.15) is 0 Å². The standard InChI is InChI=1S/C19H17N3O2/c1-22-11-13(14-5-3-4-6-17(14)22)10-18-20-15-8-7-12(19(23)24-2)9-16(15)21-18/h3-9,11H,10H2,1-2H3,(H,20,21). The number of carbonyl (C=O) groups is 1. The van der Waals surface area contributed by atoms with Gasteiger partial charge in [-0.25, -0.2) is 9.78 Å². The van der Waals surface area contributed by atoms with Gasteiger partial charge in [0.15, 0.2) is 0 Å². The molecule has 0 fully saturated rings. The summed E-state index contributed by atoms with van der Waals surface area (Å²) < 4.78 is 6.89. The number of imidazole rings is 1. The van der Waals surface area contributed by atoms with Crippen molar-refractivity contribution in [3.8, 4) is 0 Å². The fraction of sp³-hybridized carbons (Fsp3) is 0.158. The zero-order valence-corrected chi connectivity index (χ0v) is 13.5. The number of aromatic nitrogens is 3. The average molecular weight is 319 g/mol. The van der Waals surface area contributed by atoms with Crippen molar-refractivity contribution in [3.63, 3.8) is 0 Å². The first kappa shape index (κ1) is 14.5. The Balaban J connectivity index is 1.72. The summed E-state index contributed by atoms with van der Waals surface area (Å²) >= 11 is 0. The summed E-state index contributed by atoms with van der Waals surface area (Å²) in [6, 6.07) is 13.7. The van der Waals surface area contributed by atoms with Gasteiger partial charge in [0.05, 0.1) is 23.7 Å². The topological polar surface area (TPSA) is 59.9 Å². The number of nitrogens with one attached hydrogen (secondary N) is 1. The van der Waals surface area contributed by atoms with E-state index in [1.165, 1.54) is 23.6 Å². The number of aryl methyl sites for hydroxylation is 1. The van der Waals surface area contributed by atoms with Gasteiger partial charge in [0.1, 0.15) is 5.82 Å². The lowest BCUT2D eigenvalue weighted by Crippen LogP contribution is -2.00. The first-order valence-corrected chi connectivity index (χ1v) is 7.75. The third kappa shape index (κ3) is 2.34. The highest BCUT2D eigenvalue weighted by Crippen LogP contribution is 2.23. The summed E-state index contributed by atoms with van der Waals surface area (Å²) in [6.07, 6.45) is 2.85. The van der Waals surface area contributed by atoms with Crippen LogP contribution in [-0.4, -0.2) is 27.6 Å². The Morgan fingerprint density at radius 2 is 2.08 bits per heavy atom. The van der Waals surface area contributed by atoms with E-state index in [4.69, 9.17) is 4.74 Å². The molecule has 2 aromatic carbocycles. The summed E-state index contributed by atoms with van der Waals surface area (Å²) in [5, 5.41) is 1.23. The molecule has 5 nitrogen and oxygen atoms in total. The van der Waals surface area contributed by atoms with E-state index in [0.29, 0.717) is 12.0 Å². The van der Waals surface area contributed by atoms with E-state index in [1.54, 1.807) is 12.1 Å². The van der Waals surface area contributed by atoms with Gasteiger partial charge in [0.2, 0.25) is 0 Å². The Kier molecular flexibility index (Phi) is 3.34. The number of fused-ring (bicyclic) bond motifs is 2. The maximum Gasteiger partial charge on any atom is 0.337 e. The smallest absolute Gasteiger partial charge is 0.337 e. The first-order chi connectivity index (χ1) is 11.7. The largest absolute Gasteiger partial charge is 0.465 e. The SMILES string of the molecule is COC(=O)c1ccc2nc(Cc3cn(C)c4ccccc34)[nH]c2c1. The van der Waals surface area contributed by atoms with Crippen LogP contribution >= 0.6 is 0 Å². The van der Waals surface area contributed by atoms with Crippen LogP contribution in [0.2, 0.25) is 0 Å². The molecule has 0 bridgehead atoms. The molecule has 0 amide bonds. The molecular formula is C19H17N3O2. The van der Waals surface area contributed by atoms with Crippen LogP contribution < -0.4 is 0 Å². The van der Waals surface area contributed by atoms with Crippen molar-refractivity contribution in [1.29, 1.82) is 0 Å². The fourth-order valence-electron chi connectivity index (χ4n) is 3.14. The molecule has 4 aromatic rings. The lowest BCUT2D eigenvalue weighted by molar-refractivity contribution is 0.0601. The van der Waals surface area contributed by atoms with Gasteiger partial charge >= 0.3 is 5.97 Å². The summed E-state index contributed by atoms with van der Waals surface area (Å²) in [5.74, 6) is 0.533. The maximum atomic E-state index is 11.6. The highest BCUT2D eigenvalue weighted by molar-refractivity contribution is 5.93. The Morgan fingerprint density at radius 3 is 2.92 bits per heavy atom. The predicted octanol–water partition coefficient (Wildman–Crippen LogP) is 3.43. The minimum atomic E-state index is -0.345. The maximum absolute atomic E-state index is 11.6. The van der Waals surface area contributed by atoms with E-state index >= 15 is 0 Å². The van der Waals surface area contributed by atoms with E-state index in [0.717, 1.165) is 16.9 Å². The number of methoxy groups -OCH3 is 1. The number of carbonyl (C=O) groups excluding carboxylic acids is 1. The van der Waals surface area contributed by atoms with Crippen molar-refractivity contribution >= 4 is 27.9 Å². The first-order valence-electron chi connectivity index (χ1n) is 7.75. The van der Waals surface area contributed by atoms with Gasteiger partial charge in [-0.05, 0) is 29.8 Å². The molecule has 0 spiro atoms. The van der Waals surface area contributed by atoms with Gasteiger partial charge < -0.3 is 14.3 Å². The van der Waals surface area contributed by atoms with Crippen molar-refractivity contribution in [1.82, 2.24) is 14.5 Å². The van der Waals surface area contributed by atoms with Gasteiger partial charge in [-0.3, -0.25) is 0 Å². The molecule has 2 heterocycles. The van der Waals surface area contributed by atoms with E-state index in [-0.39, 0.29) is 5.97 Å². The number of nitrogens with zero attached hydrogens (tertiary/aromatic N) is 2. The monoisotopic (exact) mass is 319 g/mol. The summed E-state index contributed by atoms with van der Waals surface area (Å²) in [4.78, 5) is 19.6. The summed E-state index contributed by atoms with van der Waals surface area (Å²) in [6.45, 7) is 0. The molecule has 1 N–H and O–H groups in total. The lowest BCUT2D eigenvalue weighted by atomic mass is 10.1. The predicted molar refractivity (Wildman–Crippen MR) is 93.2 cm³/mol. The Hall–Kier alpha value is -3.08. The van der Waals surface area contributed by atoms with E-state index < -0.39 is 0 Å². The van der Waals surface area contributed by atoms with E-state index in [9.17, 15) is 4.79 Å². The van der Waals surface area contributed by atoms with Crippen molar-refractivity contribution in [3.05, 3.63) is 65.6 Å². The van der Waals surface area contributed by atoms with Crippen LogP contribution in [0.25, 0.3) is 21.9 Å². The third-order valence-corrected chi connectivity index (χ3v) is 4.29. The van der Waals surface area contributed by atoms with E-state index in [1.807, 2.05) is 25.2 Å². The number of benzene rings is 2.